The minimum atomic E-state index is -0.168. The Morgan fingerprint density at radius 1 is 1.11 bits per heavy atom. The maximum Gasteiger partial charge on any atom is 0.322 e. The van der Waals surface area contributed by atoms with E-state index in [9.17, 15) is 4.79 Å². The van der Waals surface area contributed by atoms with Crippen LogP contribution >= 0.6 is 11.6 Å². The van der Waals surface area contributed by atoms with Gasteiger partial charge in [-0.15, -0.1) is 0 Å². The van der Waals surface area contributed by atoms with Gasteiger partial charge in [0, 0.05) is 35.7 Å². The standard InChI is InChI=1S/C21H20ClN3O2/c1-27-18-9-7-15(8-10-18)20-19-6-3-11-24(19)12-13-25(20)21(26)23-17-5-2-4-16(22)14-17/h2-11,14,20H,12-13H2,1H3,(H,23,26)/t20-/m0/s1. The average Bonchev–Trinajstić information content (AvgIpc) is 3.16. The quantitative estimate of drug-likeness (QED) is 0.709. The molecule has 0 unspecified atom stereocenters. The summed E-state index contributed by atoms with van der Waals surface area (Å²) >= 11 is 6.04. The molecule has 1 aromatic heterocycles. The van der Waals surface area contributed by atoms with Crippen LogP contribution in [0.1, 0.15) is 17.3 Å². The first kappa shape index (κ1) is 17.5. The largest absolute Gasteiger partial charge is 0.497 e. The normalized spacial score (nSPS) is 15.9. The van der Waals surface area contributed by atoms with Crippen LogP contribution in [0.5, 0.6) is 5.75 Å². The Kier molecular flexibility index (Phi) is 4.77. The average molecular weight is 382 g/mol. The highest BCUT2D eigenvalue weighted by atomic mass is 35.5. The van der Waals surface area contributed by atoms with E-state index in [0.29, 0.717) is 17.3 Å². The molecule has 0 spiro atoms. The van der Waals surface area contributed by atoms with Crippen LogP contribution < -0.4 is 10.1 Å². The van der Waals surface area contributed by atoms with E-state index in [4.69, 9.17) is 16.3 Å². The van der Waals surface area contributed by atoms with Gasteiger partial charge < -0.3 is 19.5 Å². The number of nitrogens with zero attached hydrogens (tertiary/aromatic N) is 2. The molecule has 0 saturated heterocycles. The van der Waals surface area contributed by atoms with E-state index in [0.717, 1.165) is 23.6 Å². The van der Waals surface area contributed by atoms with Crippen LogP contribution in [0.25, 0.3) is 0 Å². The summed E-state index contributed by atoms with van der Waals surface area (Å²) in [6.07, 6.45) is 2.05. The number of carbonyl (C=O) groups excluding carboxylic acids is 1. The van der Waals surface area contributed by atoms with Gasteiger partial charge in [-0.05, 0) is 48.0 Å². The summed E-state index contributed by atoms with van der Waals surface area (Å²) in [6.45, 7) is 1.38. The van der Waals surface area contributed by atoms with Crippen molar-refractivity contribution >= 4 is 23.3 Å². The molecule has 1 aliphatic rings. The molecule has 0 bridgehead atoms. The number of benzene rings is 2. The van der Waals surface area contributed by atoms with E-state index in [2.05, 4.69) is 22.1 Å². The van der Waals surface area contributed by atoms with Crippen molar-refractivity contribution in [2.24, 2.45) is 0 Å². The highest BCUT2D eigenvalue weighted by molar-refractivity contribution is 6.30. The van der Waals surface area contributed by atoms with E-state index in [1.807, 2.05) is 47.4 Å². The molecule has 2 aromatic carbocycles. The predicted molar refractivity (Wildman–Crippen MR) is 106 cm³/mol. The lowest BCUT2D eigenvalue weighted by Crippen LogP contribution is -2.44. The lowest BCUT2D eigenvalue weighted by molar-refractivity contribution is 0.182. The van der Waals surface area contributed by atoms with Gasteiger partial charge in [-0.1, -0.05) is 29.8 Å². The van der Waals surface area contributed by atoms with Gasteiger partial charge in [0.25, 0.3) is 0 Å². The first-order valence-corrected chi connectivity index (χ1v) is 9.15. The zero-order valence-corrected chi connectivity index (χ0v) is 15.7. The second-order valence-corrected chi connectivity index (χ2v) is 6.87. The third-order valence-corrected chi connectivity index (χ3v) is 5.04. The maximum absolute atomic E-state index is 13.1. The molecule has 4 rings (SSSR count). The van der Waals surface area contributed by atoms with Crippen molar-refractivity contribution in [2.45, 2.75) is 12.6 Å². The van der Waals surface area contributed by atoms with E-state index >= 15 is 0 Å². The number of fused-ring (bicyclic) bond motifs is 1. The van der Waals surface area contributed by atoms with Crippen LogP contribution in [0.15, 0.2) is 66.9 Å². The van der Waals surface area contributed by atoms with Crippen LogP contribution in [0.2, 0.25) is 5.02 Å². The SMILES string of the molecule is COc1ccc([C@H]2c3cccn3CCN2C(=O)Nc2cccc(Cl)c2)cc1. The lowest BCUT2D eigenvalue weighted by Gasteiger charge is -2.37. The molecule has 5 nitrogen and oxygen atoms in total. The van der Waals surface area contributed by atoms with E-state index < -0.39 is 0 Å². The van der Waals surface area contributed by atoms with Crippen molar-refractivity contribution in [3.05, 3.63) is 83.1 Å². The van der Waals surface area contributed by atoms with Crippen molar-refractivity contribution in [1.82, 2.24) is 9.47 Å². The number of hydrogen-bond donors (Lipinski definition) is 1. The second kappa shape index (κ2) is 7.37. The fourth-order valence-corrected chi connectivity index (χ4v) is 3.69. The fraction of sp³-hybridized carbons (Fsp3) is 0.190. The van der Waals surface area contributed by atoms with Crippen molar-refractivity contribution in [3.8, 4) is 5.75 Å². The first-order valence-electron chi connectivity index (χ1n) is 8.78. The van der Waals surface area contributed by atoms with Gasteiger partial charge in [-0.25, -0.2) is 4.79 Å². The molecule has 2 heterocycles. The van der Waals surface area contributed by atoms with Gasteiger partial charge in [-0.3, -0.25) is 0 Å². The molecule has 0 aliphatic carbocycles. The van der Waals surface area contributed by atoms with Crippen molar-refractivity contribution < 1.29 is 9.53 Å². The molecular weight excluding hydrogens is 362 g/mol. The van der Waals surface area contributed by atoms with Crippen LogP contribution in [-0.2, 0) is 6.54 Å². The number of methoxy groups -OCH3 is 1. The van der Waals surface area contributed by atoms with Crippen LogP contribution in [0, 0.1) is 0 Å². The molecule has 27 heavy (non-hydrogen) atoms. The Balaban J connectivity index is 1.66. The molecule has 0 saturated carbocycles. The van der Waals surface area contributed by atoms with Gasteiger partial charge in [0.15, 0.2) is 0 Å². The molecule has 0 fully saturated rings. The number of ether oxygens (including phenoxy) is 1. The Morgan fingerprint density at radius 2 is 1.93 bits per heavy atom. The number of halogens is 1. The Morgan fingerprint density at radius 3 is 2.67 bits per heavy atom. The molecular formula is C21H20ClN3O2. The number of anilines is 1. The van der Waals surface area contributed by atoms with Gasteiger partial charge in [0.05, 0.1) is 13.2 Å². The van der Waals surface area contributed by atoms with Crippen LogP contribution in [0.3, 0.4) is 0 Å². The number of amides is 2. The van der Waals surface area contributed by atoms with Crippen molar-refractivity contribution in [2.75, 3.05) is 19.0 Å². The summed E-state index contributed by atoms with van der Waals surface area (Å²) in [5.41, 5.74) is 2.81. The highest BCUT2D eigenvalue weighted by Crippen LogP contribution is 2.33. The number of urea groups is 1. The minimum Gasteiger partial charge on any atom is -0.497 e. The monoisotopic (exact) mass is 381 g/mol. The number of carbonyl (C=O) groups is 1. The van der Waals surface area contributed by atoms with E-state index in [-0.39, 0.29) is 12.1 Å². The van der Waals surface area contributed by atoms with Gasteiger partial charge in [0.1, 0.15) is 5.75 Å². The molecule has 3 aromatic rings. The summed E-state index contributed by atoms with van der Waals surface area (Å²) in [6, 6.07) is 18.8. The third kappa shape index (κ3) is 3.51. The smallest absolute Gasteiger partial charge is 0.322 e. The topological polar surface area (TPSA) is 46.5 Å². The van der Waals surface area contributed by atoms with Crippen molar-refractivity contribution in [3.63, 3.8) is 0 Å². The molecule has 138 valence electrons. The van der Waals surface area contributed by atoms with Gasteiger partial charge in [-0.2, -0.15) is 0 Å². The van der Waals surface area contributed by atoms with E-state index in [1.54, 1.807) is 19.2 Å². The molecule has 1 aliphatic heterocycles. The number of hydrogen-bond acceptors (Lipinski definition) is 2. The Hall–Kier alpha value is -2.92. The van der Waals surface area contributed by atoms with Gasteiger partial charge in [0.2, 0.25) is 0 Å². The fourth-order valence-electron chi connectivity index (χ4n) is 3.50. The lowest BCUT2D eigenvalue weighted by atomic mass is 10.00. The van der Waals surface area contributed by atoms with Crippen molar-refractivity contribution in [1.29, 1.82) is 0 Å². The second-order valence-electron chi connectivity index (χ2n) is 6.44. The molecule has 6 heteroatoms. The Bertz CT molecular complexity index is 952. The maximum atomic E-state index is 13.1. The summed E-state index contributed by atoms with van der Waals surface area (Å²) in [5, 5.41) is 3.56. The molecule has 1 atom stereocenters. The number of nitrogens with one attached hydrogen (secondary N) is 1. The zero-order valence-electron chi connectivity index (χ0n) is 14.9. The van der Waals surface area contributed by atoms with E-state index in [1.165, 1.54) is 0 Å². The summed E-state index contributed by atoms with van der Waals surface area (Å²) in [5.74, 6) is 0.792. The minimum absolute atomic E-state index is 0.148. The number of rotatable bonds is 3. The van der Waals surface area contributed by atoms with Crippen LogP contribution in [-0.4, -0.2) is 29.2 Å². The zero-order chi connectivity index (χ0) is 18.8. The van der Waals surface area contributed by atoms with Crippen LogP contribution in [0.4, 0.5) is 10.5 Å². The predicted octanol–water partition coefficient (Wildman–Crippen LogP) is 4.79. The third-order valence-electron chi connectivity index (χ3n) is 4.81. The Labute approximate surface area is 163 Å². The molecule has 2 amide bonds. The van der Waals surface area contributed by atoms with Gasteiger partial charge >= 0.3 is 6.03 Å². The summed E-state index contributed by atoms with van der Waals surface area (Å²) in [4.78, 5) is 14.9. The molecule has 1 N–H and O–H groups in total. The molecule has 0 radical (unpaired) electrons. The first-order chi connectivity index (χ1) is 13.2. The summed E-state index contributed by atoms with van der Waals surface area (Å²) in [7, 11) is 1.64. The highest BCUT2D eigenvalue weighted by Gasteiger charge is 2.32. The summed E-state index contributed by atoms with van der Waals surface area (Å²) < 4.78 is 7.46. The number of aromatic nitrogens is 1.